The summed E-state index contributed by atoms with van der Waals surface area (Å²) < 4.78 is 11.1. The molecule has 1 fully saturated rings. The number of hydrogen-bond donors (Lipinski definition) is 0. The molecule has 1 aliphatic heterocycles. The Bertz CT molecular complexity index is 640. The number of esters is 2. The molecule has 0 N–H and O–H groups in total. The van der Waals surface area contributed by atoms with Crippen molar-refractivity contribution in [2.75, 3.05) is 19.7 Å². The zero-order valence-corrected chi connectivity index (χ0v) is 16.0. The Balaban J connectivity index is 1.86. The summed E-state index contributed by atoms with van der Waals surface area (Å²) in [5, 5.41) is 0. The highest BCUT2D eigenvalue weighted by Crippen LogP contribution is 2.20. The van der Waals surface area contributed by atoms with Crippen LogP contribution < -0.4 is 0 Å². The van der Waals surface area contributed by atoms with Crippen LogP contribution in [0, 0.1) is 5.92 Å². The normalized spacial score (nSPS) is 16.2. The first-order valence-corrected chi connectivity index (χ1v) is 9.13. The molecule has 0 saturated carbocycles. The lowest BCUT2D eigenvalue weighted by Crippen LogP contribution is -2.45. The fraction of sp³-hybridized carbons (Fsp3) is 0.500. The average Bonchev–Trinajstić information content (AvgIpc) is 2.61. The third-order valence-electron chi connectivity index (χ3n) is 4.12. The number of likely N-dealkylation sites (tertiary alicyclic amines) is 1. The zero-order chi connectivity index (χ0) is 18.4. The van der Waals surface area contributed by atoms with Crippen LogP contribution >= 0.6 is 15.9 Å². The summed E-state index contributed by atoms with van der Waals surface area (Å²) in [5.41, 5.74) is 0.384. The lowest BCUT2D eigenvalue weighted by atomic mass is 9.97. The summed E-state index contributed by atoms with van der Waals surface area (Å²) in [4.78, 5) is 38.0. The van der Waals surface area contributed by atoms with Gasteiger partial charge < -0.3 is 14.4 Å². The van der Waals surface area contributed by atoms with Gasteiger partial charge in [0.25, 0.3) is 5.91 Å². The summed E-state index contributed by atoms with van der Waals surface area (Å²) in [6.07, 6.45) is 0.263. The van der Waals surface area contributed by atoms with Crippen LogP contribution in [0.2, 0.25) is 0 Å². The lowest BCUT2D eigenvalue weighted by Gasteiger charge is -2.32. The molecule has 2 rings (SSSR count). The number of carbonyl (C=O) groups excluding carboxylic acids is 3. The number of nitrogens with zero attached hydrogens (tertiary/aromatic N) is 1. The van der Waals surface area contributed by atoms with Crippen molar-refractivity contribution in [3.05, 3.63) is 34.3 Å². The highest BCUT2D eigenvalue weighted by Gasteiger charge is 2.31. The molecular formula is C18H22BrNO5. The zero-order valence-electron chi connectivity index (χ0n) is 14.4. The van der Waals surface area contributed by atoms with Crippen molar-refractivity contribution in [2.45, 2.75) is 32.8 Å². The second-order valence-electron chi connectivity index (χ2n) is 5.91. The van der Waals surface area contributed by atoms with Crippen LogP contribution in [0.1, 0.15) is 37.0 Å². The van der Waals surface area contributed by atoms with Crippen LogP contribution in [0.4, 0.5) is 0 Å². The minimum atomic E-state index is -0.870. The molecule has 0 spiro atoms. The van der Waals surface area contributed by atoms with E-state index >= 15 is 0 Å². The molecule has 1 aromatic carbocycles. The average molecular weight is 412 g/mol. The van der Waals surface area contributed by atoms with Crippen LogP contribution in [0.3, 0.4) is 0 Å². The van der Waals surface area contributed by atoms with Gasteiger partial charge in [0.2, 0.25) is 0 Å². The maximum absolute atomic E-state index is 12.5. The maximum Gasteiger partial charge on any atom is 0.338 e. The predicted molar refractivity (Wildman–Crippen MR) is 95.0 cm³/mol. The molecule has 6 nitrogen and oxygen atoms in total. The Morgan fingerprint density at radius 1 is 1.28 bits per heavy atom. The van der Waals surface area contributed by atoms with Gasteiger partial charge in [-0.25, -0.2) is 4.79 Å². The van der Waals surface area contributed by atoms with Crippen molar-refractivity contribution in [3.8, 4) is 0 Å². The number of hydrogen-bond acceptors (Lipinski definition) is 5. The first-order valence-electron chi connectivity index (χ1n) is 8.34. The molecule has 1 heterocycles. The van der Waals surface area contributed by atoms with Crippen LogP contribution in [0.25, 0.3) is 0 Å². The van der Waals surface area contributed by atoms with Crippen molar-refractivity contribution < 1.29 is 23.9 Å². The number of amides is 1. The van der Waals surface area contributed by atoms with Crippen molar-refractivity contribution in [3.63, 3.8) is 0 Å². The van der Waals surface area contributed by atoms with Gasteiger partial charge in [0.05, 0.1) is 18.1 Å². The number of halogens is 1. The number of rotatable bonds is 5. The molecule has 1 saturated heterocycles. The maximum atomic E-state index is 12.5. The third kappa shape index (κ3) is 5.29. The number of carbonyl (C=O) groups is 3. The van der Waals surface area contributed by atoms with Crippen LogP contribution in [-0.2, 0) is 19.1 Å². The van der Waals surface area contributed by atoms with Gasteiger partial charge >= 0.3 is 11.9 Å². The smallest absolute Gasteiger partial charge is 0.338 e. The second-order valence-corrected chi connectivity index (χ2v) is 6.83. The van der Waals surface area contributed by atoms with E-state index in [1.165, 1.54) is 0 Å². The van der Waals surface area contributed by atoms with Crippen molar-refractivity contribution in [1.29, 1.82) is 0 Å². The molecule has 1 aromatic rings. The summed E-state index contributed by atoms with van der Waals surface area (Å²) in [6, 6.07) is 6.81. The number of ether oxygens (including phenoxy) is 2. The fourth-order valence-corrected chi connectivity index (χ4v) is 3.15. The summed E-state index contributed by atoms with van der Waals surface area (Å²) in [6.45, 7) is 4.62. The fourth-order valence-electron chi connectivity index (χ4n) is 2.75. The minimum absolute atomic E-state index is 0.163. The molecule has 0 bridgehead atoms. The van der Waals surface area contributed by atoms with Gasteiger partial charge in [0, 0.05) is 17.6 Å². The highest BCUT2D eigenvalue weighted by atomic mass is 79.9. The predicted octanol–water partition coefficient (Wildman–Crippen LogP) is 2.80. The molecule has 7 heteroatoms. The molecule has 1 aliphatic rings. The van der Waals surface area contributed by atoms with Crippen LogP contribution in [0.5, 0.6) is 0 Å². The second kappa shape index (κ2) is 8.99. The Hall–Kier alpha value is -1.89. The molecular weight excluding hydrogens is 390 g/mol. The lowest BCUT2D eigenvalue weighted by molar-refractivity contribution is -0.152. The molecule has 0 aromatic heterocycles. The van der Waals surface area contributed by atoms with E-state index in [4.69, 9.17) is 9.47 Å². The molecule has 0 aliphatic carbocycles. The van der Waals surface area contributed by atoms with Gasteiger partial charge in [-0.1, -0.05) is 22.0 Å². The van der Waals surface area contributed by atoms with Gasteiger partial charge in [-0.15, -0.1) is 0 Å². The Labute approximate surface area is 155 Å². The highest BCUT2D eigenvalue weighted by molar-refractivity contribution is 9.10. The van der Waals surface area contributed by atoms with E-state index in [9.17, 15) is 14.4 Å². The van der Waals surface area contributed by atoms with Crippen LogP contribution in [-0.4, -0.2) is 48.5 Å². The van der Waals surface area contributed by atoms with Gasteiger partial charge in [-0.3, -0.25) is 9.59 Å². The monoisotopic (exact) mass is 411 g/mol. The van der Waals surface area contributed by atoms with E-state index in [-0.39, 0.29) is 17.8 Å². The topological polar surface area (TPSA) is 72.9 Å². The van der Waals surface area contributed by atoms with Crippen molar-refractivity contribution in [2.24, 2.45) is 5.92 Å². The molecule has 1 unspecified atom stereocenters. The van der Waals surface area contributed by atoms with Gasteiger partial charge in [-0.2, -0.15) is 0 Å². The summed E-state index contributed by atoms with van der Waals surface area (Å²) >= 11 is 3.30. The molecule has 136 valence electrons. The van der Waals surface area contributed by atoms with E-state index in [1.807, 2.05) is 0 Å². The first-order chi connectivity index (χ1) is 11.9. The first kappa shape index (κ1) is 19.4. The Morgan fingerprint density at radius 2 is 1.96 bits per heavy atom. The number of benzene rings is 1. The minimum Gasteiger partial charge on any atom is -0.466 e. The third-order valence-corrected chi connectivity index (χ3v) is 4.61. The van der Waals surface area contributed by atoms with Crippen molar-refractivity contribution in [1.82, 2.24) is 4.90 Å². The van der Waals surface area contributed by atoms with Crippen molar-refractivity contribution >= 4 is 33.8 Å². The summed E-state index contributed by atoms with van der Waals surface area (Å²) in [7, 11) is 0. The van der Waals surface area contributed by atoms with Crippen LogP contribution in [0.15, 0.2) is 28.7 Å². The molecule has 0 radical (unpaired) electrons. The Kier molecular flexibility index (Phi) is 6.99. The van der Waals surface area contributed by atoms with Gasteiger partial charge in [-0.05, 0) is 44.9 Å². The van der Waals surface area contributed by atoms with E-state index in [0.29, 0.717) is 38.1 Å². The quantitative estimate of drug-likeness (QED) is 0.696. The molecule has 25 heavy (non-hydrogen) atoms. The molecule has 1 atom stereocenters. The van der Waals surface area contributed by atoms with E-state index in [0.717, 1.165) is 4.47 Å². The van der Waals surface area contributed by atoms with Gasteiger partial charge in [0.15, 0.2) is 6.10 Å². The van der Waals surface area contributed by atoms with E-state index in [2.05, 4.69) is 15.9 Å². The SMILES string of the molecule is CCOC(=O)C1CCN(C(=O)C(C)OC(=O)c2cccc(Br)c2)CC1. The van der Waals surface area contributed by atoms with E-state index in [1.54, 1.807) is 43.0 Å². The largest absolute Gasteiger partial charge is 0.466 e. The Morgan fingerprint density at radius 3 is 2.56 bits per heavy atom. The number of piperidine rings is 1. The van der Waals surface area contributed by atoms with Gasteiger partial charge in [0.1, 0.15) is 0 Å². The standard InChI is InChI=1S/C18H22BrNO5/c1-3-24-17(22)13-7-9-20(10-8-13)16(21)12(2)25-18(23)14-5-4-6-15(19)11-14/h4-6,11-13H,3,7-10H2,1-2H3. The van der Waals surface area contributed by atoms with E-state index < -0.39 is 12.1 Å². The summed E-state index contributed by atoms with van der Waals surface area (Å²) in [5.74, 6) is -1.15. The molecule has 1 amide bonds.